The van der Waals surface area contributed by atoms with E-state index in [1.54, 1.807) is 0 Å². The number of carboxylic acids is 1. The first-order chi connectivity index (χ1) is 13.4. The summed E-state index contributed by atoms with van der Waals surface area (Å²) in [5.41, 5.74) is 0. The van der Waals surface area contributed by atoms with Crippen LogP contribution >= 0.6 is 0 Å². The lowest BCUT2D eigenvalue weighted by Crippen LogP contribution is -2.25. The molecule has 1 rings (SSSR count). The predicted octanol–water partition coefficient (Wildman–Crippen LogP) is 2.90. The Labute approximate surface area is 167 Å². The Balaban J connectivity index is 2.28. The third-order valence-corrected chi connectivity index (χ3v) is 4.46. The van der Waals surface area contributed by atoms with Crippen LogP contribution in [0.3, 0.4) is 0 Å². The van der Waals surface area contributed by atoms with Gasteiger partial charge >= 0.3 is 5.97 Å². The zero-order chi connectivity index (χ0) is 20.8. The smallest absolute Gasteiger partial charge is 0.303 e. The van der Waals surface area contributed by atoms with E-state index in [9.17, 15) is 20.1 Å². The Kier molecular flexibility index (Phi) is 12.4. The molecule has 0 spiro atoms. The van der Waals surface area contributed by atoms with Crippen LogP contribution in [0.2, 0.25) is 0 Å². The van der Waals surface area contributed by atoms with Crippen LogP contribution in [0.4, 0.5) is 0 Å². The second-order valence-corrected chi connectivity index (χ2v) is 6.92. The molecule has 4 N–H and O–H groups in total. The third kappa shape index (κ3) is 10.6. The van der Waals surface area contributed by atoms with Crippen LogP contribution in [-0.2, 0) is 9.53 Å². The van der Waals surface area contributed by atoms with Gasteiger partial charge in [0, 0.05) is 12.8 Å². The highest BCUT2D eigenvalue weighted by molar-refractivity contribution is 5.66. The molecule has 0 aromatic carbocycles. The highest BCUT2D eigenvalue weighted by Crippen LogP contribution is 2.26. The summed E-state index contributed by atoms with van der Waals surface area (Å²) < 4.78 is 5.56. The molecule has 0 radical (unpaired) electrons. The van der Waals surface area contributed by atoms with E-state index in [0.29, 0.717) is 6.42 Å². The Bertz CT molecular complexity index is 551. The number of carbonyl (C=O) groups is 1. The fourth-order valence-corrected chi connectivity index (χ4v) is 2.90. The average Bonchev–Trinajstić information content (AvgIpc) is 3.04. The SMILES string of the molecule is CC/C=C\C/C=C\C/C=C\C[C@@H](O)/C=C/[C@H](O)[C@@H]1C[C@@H](O)[C@H](CCC(=O)O)O1. The number of allylic oxidation sites excluding steroid dienone is 5. The standard InChI is InChI=1S/C22H34O6/c1-2-3-4-5-6-7-8-9-10-11-17(23)12-13-18(24)21-16-19(25)20(28-21)14-15-22(26)27/h3-4,6-7,9-10,12-13,17-21,23-25H,2,5,8,11,14-16H2,1H3,(H,26,27)/b4-3-,7-6-,10-9-,13-12+/t17-,18+,19-,20+,21+/m1/s1. The van der Waals surface area contributed by atoms with Gasteiger partial charge in [-0.1, -0.05) is 55.5 Å². The van der Waals surface area contributed by atoms with Gasteiger partial charge in [0.05, 0.1) is 30.5 Å². The van der Waals surface area contributed by atoms with Crippen molar-refractivity contribution in [3.8, 4) is 0 Å². The maximum Gasteiger partial charge on any atom is 0.303 e. The minimum Gasteiger partial charge on any atom is -0.481 e. The Hall–Kier alpha value is -1.73. The van der Waals surface area contributed by atoms with Crippen LogP contribution in [-0.4, -0.2) is 56.9 Å². The molecule has 0 amide bonds. The van der Waals surface area contributed by atoms with Gasteiger partial charge in [0.2, 0.25) is 0 Å². The molecule has 158 valence electrons. The molecular weight excluding hydrogens is 360 g/mol. The second-order valence-electron chi connectivity index (χ2n) is 6.92. The number of ether oxygens (including phenoxy) is 1. The first kappa shape index (κ1) is 24.3. The van der Waals surface area contributed by atoms with E-state index in [0.717, 1.165) is 19.3 Å². The number of carboxylic acid groups (broad SMARTS) is 1. The Morgan fingerprint density at radius 3 is 2.36 bits per heavy atom. The summed E-state index contributed by atoms with van der Waals surface area (Å²) in [5.74, 6) is -0.945. The molecular formula is C22H34O6. The van der Waals surface area contributed by atoms with E-state index >= 15 is 0 Å². The predicted molar refractivity (Wildman–Crippen MR) is 109 cm³/mol. The molecule has 0 aromatic rings. The largest absolute Gasteiger partial charge is 0.481 e. The van der Waals surface area contributed by atoms with Gasteiger partial charge in [-0.05, 0) is 32.1 Å². The molecule has 1 aliphatic rings. The lowest BCUT2D eigenvalue weighted by Gasteiger charge is -2.16. The van der Waals surface area contributed by atoms with Crippen molar-refractivity contribution in [1.29, 1.82) is 0 Å². The van der Waals surface area contributed by atoms with Gasteiger partial charge in [0.25, 0.3) is 0 Å². The third-order valence-electron chi connectivity index (χ3n) is 4.46. The van der Waals surface area contributed by atoms with Crippen molar-refractivity contribution in [1.82, 2.24) is 0 Å². The summed E-state index contributed by atoms with van der Waals surface area (Å²) in [5, 5.41) is 38.7. The molecule has 6 nitrogen and oxygen atoms in total. The Morgan fingerprint density at radius 2 is 1.71 bits per heavy atom. The Morgan fingerprint density at radius 1 is 1.07 bits per heavy atom. The molecule has 0 unspecified atom stereocenters. The maximum absolute atomic E-state index is 10.6. The van der Waals surface area contributed by atoms with Crippen LogP contribution in [0, 0.1) is 0 Å². The van der Waals surface area contributed by atoms with Crippen molar-refractivity contribution in [2.45, 2.75) is 82.4 Å². The van der Waals surface area contributed by atoms with Crippen LogP contribution in [0.1, 0.15) is 51.9 Å². The molecule has 1 fully saturated rings. The first-order valence-electron chi connectivity index (χ1n) is 9.98. The summed E-state index contributed by atoms with van der Waals surface area (Å²) in [4.78, 5) is 10.6. The summed E-state index contributed by atoms with van der Waals surface area (Å²) >= 11 is 0. The minimum absolute atomic E-state index is 0.0872. The molecule has 28 heavy (non-hydrogen) atoms. The molecule has 0 bridgehead atoms. The molecule has 6 heteroatoms. The van der Waals surface area contributed by atoms with Gasteiger partial charge in [-0.25, -0.2) is 0 Å². The van der Waals surface area contributed by atoms with Gasteiger partial charge in [0.1, 0.15) is 0 Å². The summed E-state index contributed by atoms with van der Waals surface area (Å²) in [6.07, 6.45) is 15.3. The van der Waals surface area contributed by atoms with Crippen molar-refractivity contribution < 1.29 is 30.0 Å². The van der Waals surface area contributed by atoms with Crippen LogP contribution in [0.25, 0.3) is 0 Å². The summed E-state index contributed by atoms with van der Waals surface area (Å²) in [6.45, 7) is 2.10. The lowest BCUT2D eigenvalue weighted by atomic mass is 10.0. The van der Waals surface area contributed by atoms with Crippen LogP contribution in [0.15, 0.2) is 48.6 Å². The monoisotopic (exact) mass is 394 g/mol. The number of hydrogen-bond donors (Lipinski definition) is 4. The number of aliphatic hydroxyl groups is 3. The zero-order valence-electron chi connectivity index (χ0n) is 16.6. The second kappa shape index (κ2) is 14.3. The number of aliphatic hydroxyl groups excluding tert-OH is 3. The van der Waals surface area contributed by atoms with Crippen molar-refractivity contribution in [2.75, 3.05) is 0 Å². The molecule has 5 atom stereocenters. The molecule has 1 heterocycles. The highest BCUT2D eigenvalue weighted by atomic mass is 16.5. The van der Waals surface area contributed by atoms with E-state index in [1.165, 1.54) is 12.2 Å². The first-order valence-corrected chi connectivity index (χ1v) is 9.98. The topological polar surface area (TPSA) is 107 Å². The number of aliphatic carboxylic acids is 1. The van der Waals surface area contributed by atoms with Crippen molar-refractivity contribution in [3.63, 3.8) is 0 Å². The van der Waals surface area contributed by atoms with Crippen LogP contribution in [0.5, 0.6) is 0 Å². The number of hydrogen-bond acceptors (Lipinski definition) is 5. The molecule has 0 aliphatic carbocycles. The van der Waals surface area contributed by atoms with Gasteiger partial charge in [-0.3, -0.25) is 4.79 Å². The maximum atomic E-state index is 10.6. The van der Waals surface area contributed by atoms with Gasteiger partial charge < -0.3 is 25.2 Å². The van der Waals surface area contributed by atoms with E-state index in [-0.39, 0.29) is 19.3 Å². The quantitative estimate of drug-likeness (QED) is 0.358. The van der Waals surface area contributed by atoms with Crippen molar-refractivity contribution in [2.24, 2.45) is 0 Å². The number of rotatable bonds is 13. The van der Waals surface area contributed by atoms with Crippen molar-refractivity contribution >= 4 is 5.97 Å². The normalized spacial score (nSPS) is 25.5. The fourth-order valence-electron chi connectivity index (χ4n) is 2.90. The lowest BCUT2D eigenvalue weighted by molar-refractivity contribution is -0.138. The average molecular weight is 395 g/mol. The molecule has 1 saturated heterocycles. The summed E-state index contributed by atoms with van der Waals surface area (Å²) in [6, 6.07) is 0. The molecule has 0 saturated carbocycles. The fraction of sp³-hybridized carbons (Fsp3) is 0.591. The van der Waals surface area contributed by atoms with E-state index in [4.69, 9.17) is 9.84 Å². The molecule has 1 aliphatic heterocycles. The van der Waals surface area contributed by atoms with Crippen LogP contribution < -0.4 is 0 Å². The highest BCUT2D eigenvalue weighted by Gasteiger charge is 2.36. The summed E-state index contributed by atoms with van der Waals surface area (Å²) in [7, 11) is 0. The van der Waals surface area contributed by atoms with E-state index < -0.39 is 36.5 Å². The van der Waals surface area contributed by atoms with Gasteiger partial charge in [-0.2, -0.15) is 0 Å². The minimum atomic E-state index is -0.956. The molecule has 0 aromatic heterocycles. The van der Waals surface area contributed by atoms with Crippen molar-refractivity contribution in [3.05, 3.63) is 48.6 Å². The van der Waals surface area contributed by atoms with E-state index in [2.05, 4.69) is 31.2 Å². The van der Waals surface area contributed by atoms with Gasteiger partial charge in [-0.15, -0.1) is 0 Å². The van der Waals surface area contributed by atoms with Gasteiger partial charge in [0.15, 0.2) is 0 Å². The zero-order valence-corrected chi connectivity index (χ0v) is 16.6. The van der Waals surface area contributed by atoms with E-state index in [1.807, 2.05) is 12.2 Å².